The highest BCUT2D eigenvalue weighted by molar-refractivity contribution is 6.42. The van der Waals surface area contributed by atoms with E-state index < -0.39 is 47.0 Å². The van der Waals surface area contributed by atoms with Gasteiger partial charge < -0.3 is 10.4 Å². The lowest BCUT2D eigenvalue weighted by Gasteiger charge is -2.42. The zero-order valence-electron chi connectivity index (χ0n) is 22.7. The van der Waals surface area contributed by atoms with Gasteiger partial charge in [0.05, 0.1) is 30.5 Å². The Balaban J connectivity index is 1.91. The number of alkyl halides is 3. The lowest BCUT2D eigenvalue weighted by Crippen LogP contribution is -2.57. The van der Waals surface area contributed by atoms with E-state index >= 15 is 0 Å². The quantitative estimate of drug-likeness (QED) is 0.266. The second-order valence-corrected chi connectivity index (χ2v) is 10.5. The van der Waals surface area contributed by atoms with Gasteiger partial charge in [0.25, 0.3) is 5.91 Å². The number of amides is 2. The maximum absolute atomic E-state index is 13.3. The van der Waals surface area contributed by atoms with Gasteiger partial charge in [-0.1, -0.05) is 52.7 Å². The number of carbonyl (C=O) groups excluding carboxylic acids is 2. The van der Waals surface area contributed by atoms with Crippen LogP contribution in [0.3, 0.4) is 0 Å². The van der Waals surface area contributed by atoms with Crippen LogP contribution in [0.5, 0.6) is 0 Å². The van der Waals surface area contributed by atoms with Crippen LogP contribution in [-0.4, -0.2) is 59.9 Å². The van der Waals surface area contributed by atoms with Crippen molar-refractivity contribution in [3.05, 3.63) is 54.5 Å². The van der Waals surface area contributed by atoms with Crippen molar-refractivity contribution in [3.63, 3.8) is 0 Å². The van der Waals surface area contributed by atoms with Crippen molar-refractivity contribution in [1.29, 1.82) is 0 Å². The Labute approximate surface area is 229 Å². The number of carboxylic acid groups (broad SMARTS) is 1. The van der Waals surface area contributed by atoms with Crippen LogP contribution in [0.1, 0.15) is 52.5 Å². The number of aromatic amines is 1. The summed E-state index contributed by atoms with van der Waals surface area (Å²) in [6, 6.07) is 4.06. The molecule has 3 aromatic rings. The summed E-state index contributed by atoms with van der Waals surface area (Å²) < 4.78 is 40.3. The molecule has 2 amide bonds. The molecule has 1 aromatic carbocycles. The molecule has 0 fully saturated rings. The number of anilines is 1. The van der Waals surface area contributed by atoms with Crippen LogP contribution in [0.15, 0.2) is 48.9 Å². The molecule has 13 heteroatoms. The van der Waals surface area contributed by atoms with E-state index in [4.69, 9.17) is 0 Å². The summed E-state index contributed by atoms with van der Waals surface area (Å²) in [7, 11) is 0. The molecule has 0 spiro atoms. The number of aromatic nitrogens is 4. The number of unbranched alkanes of at least 4 members (excludes halogenated alkanes) is 1. The number of carbonyl (C=O) groups is 3. The first-order valence-corrected chi connectivity index (χ1v) is 12.8. The molecule has 3 N–H and O–H groups in total. The van der Waals surface area contributed by atoms with Crippen LogP contribution < -0.4 is 5.32 Å². The van der Waals surface area contributed by atoms with Gasteiger partial charge in [0.15, 0.2) is 0 Å². The molecule has 0 saturated carbocycles. The smallest absolute Gasteiger partial charge is 0.416 e. The molecule has 40 heavy (non-hydrogen) atoms. The van der Waals surface area contributed by atoms with Crippen LogP contribution in [0.4, 0.5) is 23.8 Å². The number of nitrogens with one attached hydrogen (secondary N) is 2. The van der Waals surface area contributed by atoms with Crippen LogP contribution in [0, 0.1) is 5.41 Å². The zero-order valence-corrected chi connectivity index (χ0v) is 22.7. The molecule has 0 bridgehead atoms. The van der Waals surface area contributed by atoms with E-state index in [1.54, 1.807) is 6.20 Å². The first-order valence-electron chi connectivity index (χ1n) is 12.8. The summed E-state index contributed by atoms with van der Waals surface area (Å²) in [5.74, 6) is -1.66. The van der Waals surface area contributed by atoms with Crippen molar-refractivity contribution < 1.29 is 32.7 Å². The van der Waals surface area contributed by atoms with E-state index in [0.717, 1.165) is 17.0 Å². The number of Topliss-reactive ketones (excluding diaryl/α,β-unsaturated/α-hetero) is 1. The zero-order chi connectivity index (χ0) is 29.7. The minimum atomic E-state index is -4.45. The monoisotopic (exact) mass is 562 g/mol. The van der Waals surface area contributed by atoms with Crippen LogP contribution >= 0.6 is 0 Å². The Morgan fingerprint density at radius 3 is 2.30 bits per heavy atom. The number of H-pyrrole nitrogens is 1. The molecule has 3 rings (SSSR count). The minimum absolute atomic E-state index is 0.0362. The maximum atomic E-state index is 13.3. The molecular formula is C27H33F3N6O4. The first kappa shape index (κ1) is 30.4. The number of nitrogens with zero attached hydrogens (tertiary/aromatic N) is 4. The highest BCUT2D eigenvalue weighted by Crippen LogP contribution is 2.32. The normalized spacial score (nSPS) is 13.5. The Morgan fingerprint density at radius 1 is 1.10 bits per heavy atom. The van der Waals surface area contributed by atoms with E-state index in [0.29, 0.717) is 24.0 Å². The van der Waals surface area contributed by atoms with Gasteiger partial charge in [-0.05, 0) is 29.5 Å². The van der Waals surface area contributed by atoms with Gasteiger partial charge >= 0.3 is 12.3 Å². The summed E-state index contributed by atoms with van der Waals surface area (Å²) in [6.07, 6.45) is -0.0101. The fourth-order valence-electron chi connectivity index (χ4n) is 4.36. The number of benzene rings is 1. The third kappa shape index (κ3) is 7.48. The Morgan fingerprint density at radius 2 is 1.77 bits per heavy atom. The molecule has 10 nitrogen and oxygen atoms in total. The molecule has 0 aliphatic carbocycles. The third-order valence-corrected chi connectivity index (χ3v) is 6.54. The van der Waals surface area contributed by atoms with Crippen molar-refractivity contribution in [2.24, 2.45) is 5.41 Å². The van der Waals surface area contributed by atoms with Gasteiger partial charge in [-0.15, -0.1) is 0 Å². The standard InChI is InChI=1S/C27H33F3N6O4/c1-5-6-7-20(23(37)24(38)33-22-12-13-31-34-22)36(25(39)40)21(26(2,3)4)16-35-15-18(14-32-35)17-8-10-19(11-9-17)27(28,29)30/h8-15,20-21H,5-7,16H2,1-4H3,(H,39,40)(H2,31,33,34,38)/t20-,21?/m0/s1. The molecule has 0 radical (unpaired) electrons. The number of ketones is 1. The highest BCUT2D eigenvalue weighted by Gasteiger charge is 2.42. The molecule has 2 heterocycles. The predicted octanol–water partition coefficient (Wildman–Crippen LogP) is 5.45. The van der Waals surface area contributed by atoms with Crippen molar-refractivity contribution in [2.75, 3.05) is 5.32 Å². The van der Waals surface area contributed by atoms with E-state index in [1.165, 1.54) is 35.3 Å². The number of halogens is 3. The van der Waals surface area contributed by atoms with Gasteiger partial charge in [0.1, 0.15) is 11.9 Å². The fourth-order valence-corrected chi connectivity index (χ4v) is 4.36. The molecular weight excluding hydrogens is 529 g/mol. The lowest BCUT2D eigenvalue weighted by atomic mass is 9.84. The van der Waals surface area contributed by atoms with E-state index in [1.807, 2.05) is 27.7 Å². The Bertz CT molecular complexity index is 1300. The predicted molar refractivity (Wildman–Crippen MR) is 141 cm³/mol. The van der Waals surface area contributed by atoms with E-state index in [9.17, 15) is 32.7 Å². The largest absolute Gasteiger partial charge is 0.465 e. The van der Waals surface area contributed by atoms with Gasteiger partial charge in [-0.2, -0.15) is 23.4 Å². The molecule has 2 atom stereocenters. The molecule has 1 unspecified atom stereocenters. The van der Waals surface area contributed by atoms with Crippen molar-refractivity contribution in [1.82, 2.24) is 24.9 Å². The van der Waals surface area contributed by atoms with Crippen LogP contribution in [0.2, 0.25) is 0 Å². The molecule has 0 saturated heterocycles. The van der Waals surface area contributed by atoms with Gasteiger partial charge in [0.2, 0.25) is 5.78 Å². The highest BCUT2D eigenvalue weighted by atomic mass is 19.4. The average Bonchev–Trinajstić information content (AvgIpc) is 3.56. The van der Waals surface area contributed by atoms with Crippen molar-refractivity contribution in [2.45, 2.75) is 71.8 Å². The number of hydrogen-bond donors (Lipinski definition) is 3. The summed E-state index contributed by atoms with van der Waals surface area (Å²) >= 11 is 0. The molecule has 0 aliphatic heterocycles. The molecule has 0 aliphatic rings. The fraction of sp³-hybridized carbons (Fsp3) is 0.444. The van der Waals surface area contributed by atoms with Crippen molar-refractivity contribution >= 4 is 23.6 Å². The lowest BCUT2D eigenvalue weighted by molar-refractivity contribution is -0.139. The summed E-state index contributed by atoms with van der Waals surface area (Å²) in [5.41, 5.74) is -0.412. The summed E-state index contributed by atoms with van der Waals surface area (Å²) in [6.45, 7) is 7.39. The Hall–Kier alpha value is -4.16. The topological polar surface area (TPSA) is 133 Å². The summed E-state index contributed by atoms with van der Waals surface area (Å²) in [4.78, 5) is 39.8. The van der Waals surface area contributed by atoms with Gasteiger partial charge in [0, 0.05) is 17.8 Å². The average molecular weight is 563 g/mol. The summed E-state index contributed by atoms with van der Waals surface area (Å²) in [5, 5.41) is 23.3. The Kier molecular flexibility index (Phi) is 9.38. The number of hydrogen-bond acceptors (Lipinski definition) is 5. The number of rotatable bonds is 11. The maximum Gasteiger partial charge on any atom is 0.416 e. The van der Waals surface area contributed by atoms with Gasteiger partial charge in [-0.3, -0.25) is 24.3 Å². The van der Waals surface area contributed by atoms with E-state index in [2.05, 4.69) is 20.6 Å². The van der Waals surface area contributed by atoms with Gasteiger partial charge in [-0.25, -0.2) is 4.79 Å². The minimum Gasteiger partial charge on any atom is -0.465 e. The van der Waals surface area contributed by atoms with Crippen LogP contribution in [-0.2, 0) is 22.3 Å². The second kappa shape index (κ2) is 12.3. The first-order chi connectivity index (χ1) is 18.7. The molecule has 2 aromatic heterocycles. The second-order valence-electron chi connectivity index (χ2n) is 10.5. The van der Waals surface area contributed by atoms with Crippen LogP contribution in [0.25, 0.3) is 11.1 Å². The molecule has 216 valence electrons. The SMILES string of the molecule is CCCC[C@@H](C(=O)C(=O)Nc1ccn[nH]1)N(C(=O)O)C(Cn1cc(-c2ccc(C(F)(F)F)cc2)cn1)C(C)(C)C. The van der Waals surface area contributed by atoms with E-state index in [-0.39, 0.29) is 18.8 Å². The third-order valence-electron chi connectivity index (χ3n) is 6.54. The van der Waals surface area contributed by atoms with Crippen molar-refractivity contribution in [3.8, 4) is 11.1 Å².